The number of carbonyl (C=O) groups excluding carboxylic acids is 1. The first-order valence-electron chi connectivity index (χ1n) is 9.43. The third kappa shape index (κ3) is 4.88. The molecule has 0 radical (unpaired) electrons. The standard InChI is InChI=1S/C23H25N3O2/c1-4-26(20-8-6-5-7-9-20)23(27)22-16-19(14-15-24-22)25-18-10-12-21(13-11-18)28-17(2)3/h5-17H,4H2,1-3H3,(H,24,25). The van der Waals surface area contributed by atoms with Gasteiger partial charge in [-0.15, -0.1) is 0 Å². The largest absolute Gasteiger partial charge is 0.491 e. The minimum Gasteiger partial charge on any atom is -0.491 e. The van der Waals surface area contributed by atoms with Gasteiger partial charge in [0.15, 0.2) is 0 Å². The van der Waals surface area contributed by atoms with E-state index in [9.17, 15) is 4.79 Å². The quantitative estimate of drug-likeness (QED) is 0.610. The first-order valence-corrected chi connectivity index (χ1v) is 9.43. The van der Waals surface area contributed by atoms with Crippen molar-refractivity contribution < 1.29 is 9.53 Å². The van der Waals surface area contributed by atoms with Crippen molar-refractivity contribution in [3.8, 4) is 5.75 Å². The van der Waals surface area contributed by atoms with Gasteiger partial charge in [0.1, 0.15) is 11.4 Å². The zero-order chi connectivity index (χ0) is 19.9. The molecule has 28 heavy (non-hydrogen) atoms. The number of amides is 1. The van der Waals surface area contributed by atoms with Crippen molar-refractivity contribution in [3.05, 3.63) is 78.6 Å². The molecule has 3 rings (SSSR count). The fourth-order valence-corrected chi connectivity index (χ4v) is 2.87. The lowest BCUT2D eigenvalue weighted by atomic mass is 10.2. The Labute approximate surface area is 166 Å². The van der Waals surface area contributed by atoms with Crippen LogP contribution in [0.3, 0.4) is 0 Å². The maximum atomic E-state index is 12.9. The van der Waals surface area contributed by atoms with Gasteiger partial charge in [-0.1, -0.05) is 18.2 Å². The molecular weight excluding hydrogens is 350 g/mol. The minimum absolute atomic E-state index is 0.127. The van der Waals surface area contributed by atoms with E-state index in [1.807, 2.05) is 81.4 Å². The van der Waals surface area contributed by atoms with Gasteiger partial charge >= 0.3 is 0 Å². The van der Waals surface area contributed by atoms with Gasteiger partial charge in [0.25, 0.3) is 5.91 Å². The molecule has 0 fully saturated rings. The second-order valence-corrected chi connectivity index (χ2v) is 6.63. The van der Waals surface area contributed by atoms with Crippen LogP contribution in [0.1, 0.15) is 31.3 Å². The average Bonchev–Trinajstić information content (AvgIpc) is 2.71. The molecule has 0 aliphatic carbocycles. The normalized spacial score (nSPS) is 10.6. The first kappa shape index (κ1) is 19.4. The molecule has 0 spiro atoms. The van der Waals surface area contributed by atoms with Gasteiger partial charge in [-0.05, 0) is 69.3 Å². The summed E-state index contributed by atoms with van der Waals surface area (Å²) in [4.78, 5) is 18.9. The van der Waals surface area contributed by atoms with Crippen LogP contribution in [-0.4, -0.2) is 23.5 Å². The van der Waals surface area contributed by atoms with Crippen molar-refractivity contribution in [3.63, 3.8) is 0 Å². The summed E-state index contributed by atoms with van der Waals surface area (Å²) in [5, 5.41) is 3.31. The molecule has 1 N–H and O–H groups in total. The Balaban J connectivity index is 1.75. The van der Waals surface area contributed by atoms with E-state index in [-0.39, 0.29) is 12.0 Å². The molecule has 3 aromatic rings. The van der Waals surface area contributed by atoms with Gasteiger partial charge in [-0.3, -0.25) is 9.78 Å². The molecule has 1 amide bonds. The topological polar surface area (TPSA) is 54.5 Å². The molecule has 2 aromatic carbocycles. The van der Waals surface area contributed by atoms with Gasteiger partial charge in [0, 0.05) is 29.8 Å². The van der Waals surface area contributed by atoms with Crippen molar-refractivity contribution in [1.29, 1.82) is 0 Å². The Morgan fingerprint density at radius 1 is 1.04 bits per heavy atom. The third-order valence-corrected chi connectivity index (χ3v) is 4.12. The summed E-state index contributed by atoms with van der Waals surface area (Å²) in [5.41, 5.74) is 2.97. The van der Waals surface area contributed by atoms with Gasteiger partial charge in [-0.25, -0.2) is 0 Å². The van der Waals surface area contributed by atoms with Crippen molar-refractivity contribution in [1.82, 2.24) is 4.98 Å². The lowest BCUT2D eigenvalue weighted by Crippen LogP contribution is -2.31. The molecule has 0 aliphatic rings. The van der Waals surface area contributed by atoms with E-state index in [0.717, 1.165) is 22.8 Å². The van der Waals surface area contributed by atoms with Gasteiger partial charge < -0.3 is 15.0 Å². The summed E-state index contributed by atoms with van der Waals surface area (Å²) >= 11 is 0. The number of hydrogen-bond acceptors (Lipinski definition) is 4. The molecule has 5 nitrogen and oxygen atoms in total. The van der Waals surface area contributed by atoms with Gasteiger partial charge in [0.05, 0.1) is 6.10 Å². The number of rotatable bonds is 7. The van der Waals surface area contributed by atoms with Crippen molar-refractivity contribution in [2.75, 3.05) is 16.8 Å². The summed E-state index contributed by atoms with van der Waals surface area (Å²) < 4.78 is 5.66. The van der Waals surface area contributed by atoms with E-state index in [2.05, 4.69) is 10.3 Å². The van der Waals surface area contributed by atoms with E-state index in [1.54, 1.807) is 17.2 Å². The number of anilines is 3. The Morgan fingerprint density at radius 3 is 2.39 bits per heavy atom. The lowest BCUT2D eigenvalue weighted by Gasteiger charge is -2.20. The van der Waals surface area contributed by atoms with E-state index in [0.29, 0.717) is 12.2 Å². The van der Waals surface area contributed by atoms with Crippen LogP contribution in [0.15, 0.2) is 72.9 Å². The number of para-hydroxylation sites is 1. The third-order valence-electron chi connectivity index (χ3n) is 4.12. The van der Waals surface area contributed by atoms with Crippen LogP contribution in [0.4, 0.5) is 17.1 Å². The Kier molecular flexibility index (Phi) is 6.27. The smallest absolute Gasteiger partial charge is 0.276 e. The second kappa shape index (κ2) is 9.04. The molecule has 144 valence electrons. The summed E-state index contributed by atoms with van der Waals surface area (Å²) in [6.45, 7) is 6.51. The highest BCUT2D eigenvalue weighted by Gasteiger charge is 2.17. The molecule has 0 saturated heterocycles. The van der Waals surface area contributed by atoms with Crippen molar-refractivity contribution in [2.45, 2.75) is 26.9 Å². The van der Waals surface area contributed by atoms with Crippen LogP contribution >= 0.6 is 0 Å². The predicted octanol–water partition coefficient (Wildman–Crippen LogP) is 5.28. The van der Waals surface area contributed by atoms with Crippen LogP contribution in [0.25, 0.3) is 0 Å². The highest BCUT2D eigenvalue weighted by Crippen LogP contribution is 2.22. The summed E-state index contributed by atoms with van der Waals surface area (Å²) in [6, 6.07) is 21.0. The maximum Gasteiger partial charge on any atom is 0.276 e. The van der Waals surface area contributed by atoms with Gasteiger partial charge in [0.2, 0.25) is 0 Å². The average molecular weight is 375 g/mol. The number of nitrogens with one attached hydrogen (secondary N) is 1. The maximum absolute atomic E-state index is 12.9. The van der Waals surface area contributed by atoms with Crippen molar-refractivity contribution in [2.24, 2.45) is 0 Å². The minimum atomic E-state index is -0.127. The fourth-order valence-electron chi connectivity index (χ4n) is 2.87. The Morgan fingerprint density at radius 2 is 1.75 bits per heavy atom. The van der Waals surface area contributed by atoms with Crippen LogP contribution in [0, 0.1) is 0 Å². The summed E-state index contributed by atoms with van der Waals surface area (Å²) in [6.07, 6.45) is 1.78. The lowest BCUT2D eigenvalue weighted by molar-refractivity contribution is 0.0983. The number of aromatic nitrogens is 1. The summed E-state index contributed by atoms with van der Waals surface area (Å²) in [7, 11) is 0. The van der Waals surface area contributed by atoms with Crippen LogP contribution in [0.2, 0.25) is 0 Å². The highest BCUT2D eigenvalue weighted by atomic mass is 16.5. The van der Waals surface area contributed by atoms with E-state index >= 15 is 0 Å². The molecular formula is C23H25N3O2. The molecule has 0 unspecified atom stereocenters. The monoisotopic (exact) mass is 375 g/mol. The molecule has 1 aromatic heterocycles. The Hall–Kier alpha value is -3.34. The second-order valence-electron chi connectivity index (χ2n) is 6.63. The van der Waals surface area contributed by atoms with Crippen LogP contribution < -0.4 is 15.0 Å². The molecule has 0 saturated carbocycles. The van der Waals surface area contributed by atoms with Crippen molar-refractivity contribution >= 4 is 23.0 Å². The molecule has 1 heterocycles. The number of benzene rings is 2. The summed E-state index contributed by atoms with van der Waals surface area (Å²) in [5.74, 6) is 0.700. The zero-order valence-corrected chi connectivity index (χ0v) is 16.4. The number of hydrogen-bond donors (Lipinski definition) is 1. The zero-order valence-electron chi connectivity index (χ0n) is 16.4. The molecule has 0 bridgehead atoms. The van der Waals surface area contributed by atoms with E-state index in [4.69, 9.17) is 4.74 Å². The SMILES string of the molecule is CCN(C(=O)c1cc(Nc2ccc(OC(C)C)cc2)ccn1)c1ccccc1. The molecule has 0 aliphatic heterocycles. The number of pyridine rings is 1. The first-order chi connectivity index (χ1) is 13.6. The number of ether oxygens (including phenoxy) is 1. The van der Waals surface area contributed by atoms with E-state index < -0.39 is 0 Å². The Bertz CT molecular complexity index is 909. The highest BCUT2D eigenvalue weighted by molar-refractivity contribution is 6.05. The van der Waals surface area contributed by atoms with Crippen LogP contribution in [0.5, 0.6) is 5.75 Å². The molecule has 5 heteroatoms. The predicted molar refractivity (Wildman–Crippen MR) is 114 cm³/mol. The van der Waals surface area contributed by atoms with E-state index in [1.165, 1.54) is 0 Å². The number of nitrogens with zero attached hydrogens (tertiary/aromatic N) is 2. The number of carbonyl (C=O) groups is 1. The fraction of sp³-hybridized carbons (Fsp3) is 0.217. The van der Waals surface area contributed by atoms with Crippen LogP contribution in [-0.2, 0) is 0 Å². The van der Waals surface area contributed by atoms with Gasteiger partial charge in [-0.2, -0.15) is 0 Å². The molecule has 0 atom stereocenters.